The lowest BCUT2D eigenvalue weighted by molar-refractivity contribution is -0.148. The van der Waals surface area contributed by atoms with Gasteiger partial charge in [-0.25, -0.2) is 0 Å². The molecule has 0 radical (unpaired) electrons. The Labute approximate surface area is 197 Å². The van der Waals surface area contributed by atoms with Crippen LogP contribution in [0.25, 0.3) is 0 Å². The number of nitrogens with zero attached hydrogens (tertiary/aromatic N) is 2. The second-order valence-corrected chi connectivity index (χ2v) is 8.51. The van der Waals surface area contributed by atoms with Crippen LogP contribution in [0.5, 0.6) is 0 Å². The Morgan fingerprint density at radius 3 is 2.50 bits per heavy atom. The van der Waals surface area contributed by atoms with Crippen molar-refractivity contribution >= 4 is 35.2 Å². The maximum Gasteiger partial charge on any atom is 0.309 e. The third-order valence-corrected chi connectivity index (χ3v) is 6.30. The van der Waals surface area contributed by atoms with Gasteiger partial charge >= 0.3 is 5.97 Å². The summed E-state index contributed by atoms with van der Waals surface area (Å²) in [5.74, 6) is -1.74. The molecule has 180 valence electrons. The third-order valence-electron chi connectivity index (χ3n) is 6.30. The molecule has 10 nitrogen and oxygen atoms in total. The number of aryl methyl sites for hydroxylation is 1. The predicted octanol–water partition coefficient (Wildman–Crippen LogP) is 2.18. The van der Waals surface area contributed by atoms with Crippen LogP contribution in [0.4, 0.5) is 17.5 Å². The Bertz CT molecular complexity index is 1140. The standard InChI is InChI=1S/C24H29N5O5/c1-3-14-5-7-16(8-6-14)25-21(31)17-13-18(30)26-20-19(17)22(32)28-24(27-20)29-11-9-15(10-12-29)23(33)34-4-2/h5-8,15,17H,3-4,9-13H2,1-2H3,(H,25,31)(H2,26,27,28,30,32). The van der Waals surface area contributed by atoms with Gasteiger partial charge in [-0.2, -0.15) is 4.98 Å². The summed E-state index contributed by atoms with van der Waals surface area (Å²) in [5, 5.41) is 5.44. The van der Waals surface area contributed by atoms with Gasteiger partial charge in [-0.1, -0.05) is 19.1 Å². The summed E-state index contributed by atoms with van der Waals surface area (Å²) in [6, 6.07) is 7.43. The van der Waals surface area contributed by atoms with E-state index < -0.39 is 17.4 Å². The van der Waals surface area contributed by atoms with Crippen LogP contribution in [0.15, 0.2) is 29.1 Å². The van der Waals surface area contributed by atoms with Crippen molar-refractivity contribution in [3.8, 4) is 0 Å². The van der Waals surface area contributed by atoms with Gasteiger partial charge in [-0.15, -0.1) is 0 Å². The zero-order valence-corrected chi connectivity index (χ0v) is 19.3. The number of carbonyl (C=O) groups excluding carboxylic acids is 3. The number of H-pyrrole nitrogens is 1. The highest BCUT2D eigenvalue weighted by atomic mass is 16.5. The van der Waals surface area contributed by atoms with E-state index in [-0.39, 0.29) is 35.6 Å². The maximum absolute atomic E-state index is 13.0. The molecule has 2 aromatic rings. The molecule has 34 heavy (non-hydrogen) atoms. The molecule has 0 bridgehead atoms. The van der Waals surface area contributed by atoms with E-state index in [9.17, 15) is 19.2 Å². The first kappa shape index (κ1) is 23.5. The molecule has 1 aromatic heterocycles. The number of piperidine rings is 1. The van der Waals surface area contributed by atoms with E-state index >= 15 is 0 Å². The Morgan fingerprint density at radius 2 is 1.85 bits per heavy atom. The number of benzene rings is 1. The summed E-state index contributed by atoms with van der Waals surface area (Å²) in [4.78, 5) is 59.4. The molecule has 1 fully saturated rings. The van der Waals surface area contributed by atoms with Gasteiger partial charge in [0.25, 0.3) is 5.56 Å². The molecule has 3 N–H and O–H groups in total. The van der Waals surface area contributed by atoms with Crippen molar-refractivity contribution in [1.82, 2.24) is 9.97 Å². The summed E-state index contributed by atoms with van der Waals surface area (Å²) in [6.07, 6.45) is 1.90. The number of esters is 1. The number of nitrogens with one attached hydrogen (secondary N) is 3. The van der Waals surface area contributed by atoms with Crippen LogP contribution in [-0.4, -0.2) is 47.4 Å². The molecule has 0 aliphatic carbocycles. The minimum atomic E-state index is -0.950. The largest absolute Gasteiger partial charge is 0.466 e. The molecule has 2 aliphatic rings. The quantitative estimate of drug-likeness (QED) is 0.555. The van der Waals surface area contributed by atoms with Crippen LogP contribution < -0.4 is 21.1 Å². The maximum atomic E-state index is 13.0. The van der Waals surface area contributed by atoms with Gasteiger partial charge in [0.1, 0.15) is 5.82 Å². The van der Waals surface area contributed by atoms with Crippen molar-refractivity contribution in [2.45, 2.75) is 45.4 Å². The van der Waals surface area contributed by atoms with Crippen LogP contribution in [0.2, 0.25) is 0 Å². The van der Waals surface area contributed by atoms with Gasteiger partial charge < -0.3 is 20.3 Å². The van der Waals surface area contributed by atoms with E-state index in [2.05, 4.69) is 20.6 Å². The van der Waals surface area contributed by atoms with Crippen molar-refractivity contribution < 1.29 is 19.1 Å². The topological polar surface area (TPSA) is 133 Å². The molecular formula is C24H29N5O5. The van der Waals surface area contributed by atoms with E-state index in [1.807, 2.05) is 24.0 Å². The van der Waals surface area contributed by atoms with Crippen LogP contribution in [0.1, 0.15) is 50.2 Å². The van der Waals surface area contributed by atoms with Crippen LogP contribution in [0, 0.1) is 5.92 Å². The van der Waals surface area contributed by atoms with Crippen LogP contribution in [0.3, 0.4) is 0 Å². The molecule has 1 aromatic carbocycles. The molecule has 1 saturated heterocycles. The second-order valence-electron chi connectivity index (χ2n) is 8.51. The van der Waals surface area contributed by atoms with Crippen molar-refractivity contribution in [2.75, 3.05) is 35.2 Å². The minimum Gasteiger partial charge on any atom is -0.466 e. The second kappa shape index (κ2) is 10.1. The summed E-state index contributed by atoms with van der Waals surface area (Å²) >= 11 is 0. The Kier molecular flexibility index (Phi) is 6.95. The van der Waals surface area contributed by atoms with E-state index in [0.29, 0.717) is 44.2 Å². The number of hydrogen-bond acceptors (Lipinski definition) is 7. The monoisotopic (exact) mass is 467 g/mol. The van der Waals surface area contributed by atoms with Crippen molar-refractivity contribution in [2.24, 2.45) is 5.92 Å². The van der Waals surface area contributed by atoms with E-state index in [4.69, 9.17) is 4.74 Å². The Balaban J connectivity index is 1.52. The summed E-state index contributed by atoms with van der Waals surface area (Å²) in [6.45, 7) is 5.19. The summed E-state index contributed by atoms with van der Waals surface area (Å²) < 4.78 is 5.10. The van der Waals surface area contributed by atoms with Gasteiger partial charge in [0.15, 0.2) is 0 Å². The lowest BCUT2D eigenvalue weighted by Crippen LogP contribution is -2.41. The smallest absolute Gasteiger partial charge is 0.309 e. The van der Waals surface area contributed by atoms with Gasteiger partial charge in [0, 0.05) is 25.2 Å². The summed E-state index contributed by atoms with van der Waals surface area (Å²) in [7, 11) is 0. The first-order valence-corrected chi connectivity index (χ1v) is 11.6. The number of hydrogen-bond donors (Lipinski definition) is 3. The van der Waals surface area contributed by atoms with Crippen molar-refractivity contribution in [3.05, 3.63) is 45.7 Å². The summed E-state index contributed by atoms with van der Waals surface area (Å²) in [5.41, 5.74) is 1.42. The van der Waals surface area contributed by atoms with Crippen molar-refractivity contribution in [1.29, 1.82) is 0 Å². The number of rotatable bonds is 6. The Morgan fingerprint density at radius 1 is 1.15 bits per heavy atom. The van der Waals surface area contributed by atoms with Gasteiger partial charge in [-0.3, -0.25) is 24.2 Å². The fraction of sp³-hybridized carbons (Fsp3) is 0.458. The highest BCUT2D eigenvalue weighted by Crippen LogP contribution is 2.31. The average molecular weight is 468 g/mol. The molecule has 1 atom stereocenters. The number of aromatic nitrogens is 2. The van der Waals surface area contributed by atoms with Gasteiger partial charge in [0.2, 0.25) is 17.8 Å². The zero-order chi connectivity index (χ0) is 24.2. The molecule has 0 saturated carbocycles. The Hall–Kier alpha value is -3.69. The lowest BCUT2D eigenvalue weighted by Gasteiger charge is -2.32. The molecule has 4 rings (SSSR count). The number of ether oxygens (including phenoxy) is 1. The average Bonchev–Trinajstić information content (AvgIpc) is 2.84. The first-order valence-electron chi connectivity index (χ1n) is 11.6. The van der Waals surface area contributed by atoms with Gasteiger partial charge in [0.05, 0.1) is 24.0 Å². The van der Waals surface area contributed by atoms with E-state index in [1.165, 1.54) is 0 Å². The number of aromatic amines is 1. The van der Waals surface area contributed by atoms with Gasteiger partial charge in [-0.05, 0) is 43.9 Å². The number of amides is 2. The number of anilines is 3. The molecule has 3 heterocycles. The SMILES string of the molecule is CCOC(=O)C1CCN(c2nc3c(c(=O)[nH]2)C(C(=O)Nc2ccc(CC)cc2)CC(=O)N3)CC1. The molecule has 2 aliphatic heterocycles. The normalized spacial score (nSPS) is 18.1. The van der Waals surface area contributed by atoms with Crippen molar-refractivity contribution in [3.63, 3.8) is 0 Å². The van der Waals surface area contributed by atoms with Crippen LogP contribution in [-0.2, 0) is 25.5 Å². The molecule has 2 amide bonds. The fourth-order valence-corrected chi connectivity index (χ4v) is 4.37. The number of carbonyl (C=O) groups is 3. The minimum absolute atomic E-state index is 0.101. The van der Waals surface area contributed by atoms with E-state index in [0.717, 1.165) is 12.0 Å². The third kappa shape index (κ3) is 4.95. The molecular weight excluding hydrogens is 438 g/mol. The molecule has 0 spiro atoms. The lowest BCUT2D eigenvalue weighted by atomic mass is 9.92. The number of fused-ring (bicyclic) bond motifs is 1. The molecule has 10 heteroatoms. The van der Waals surface area contributed by atoms with E-state index in [1.54, 1.807) is 19.1 Å². The first-order chi connectivity index (χ1) is 16.4. The zero-order valence-electron chi connectivity index (χ0n) is 19.3. The highest BCUT2D eigenvalue weighted by molar-refractivity contribution is 6.04. The molecule has 1 unspecified atom stereocenters. The predicted molar refractivity (Wildman–Crippen MR) is 127 cm³/mol. The highest BCUT2D eigenvalue weighted by Gasteiger charge is 2.36. The van der Waals surface area contributed by atoms with Crippen LogP contribution >= 0.6 is 0 Å². The fourth-order valence-electron chi connectivity index (χ4n) is 4.37.